The quantitative estimate of drug-likeness (QED) is 0.753. The van der Waals surface area contributed by atoms with Crippen molar-refractivity contribution in [2.24, 2.45) is 0 Å². The molecule has 136 valence electrons. The molecule has 1 N–H and O–H groups in total. The van der Waals surface area contributed by atoms with Crippen molar-refractivity contribution in [3.05, 3.63) is 64.4 Å². The average molecular weight is 385 g/mol. The van der Waals surface area contributed by atoms with E-state index in [2.05, 4.69) is 5.32 Å². The molecular weight excluding hydrogens is 363 g/mol. The zero-order valence-corrected chi connectivity index (χ0v) is 15.9. The Morgan fingerprint density at radius 2 is 1.68 bits per heavy atom. The highest BCUT2D eigenvalue weighted by Crippen LogP contribution is 2.19. The molecule has 0 aromatic heterocycles. The summed E-state index contributed by atoms with van der Waals surface area (Å²) in [5.74, 6) is -0.347. The topological polar surface area (TPSA) is 49.4 Å². The van der Waals surface area contributed by atoms with Gasteiger partial charge in [-0.1, -0.05) is 43.6 Å². The molecule has 0 spiro atoms. The first-order valence-corrected chi connectivity index (χ1v) is 9.94. The van der Waals surface area contributed by atoms with E-state index in [0.717, 1.165) is 5.56 Å². The normalized spacial score (nSPS) is 11.9. The lowest BCUT2D eigenvalue weighted by Gasteiger charge is -2.18. The van der Waals surface area contributed by atoms with Crippen molar-refractivity contribution in [3.8, 4) is 0 Å². The molecule has 0 aliphatic heterocycles. The molecule has 2 aromatic rings. The minimum absolute atomic E-state index is 0.275. The van der Waals surface area contributed by atoms with Crippen LogP contribution >= 0.6 is 11.6 Å². The van der Waals surface area contributed by atoms with Gasteiger partial charge < -0.3 is 5.32 Å². The number of hydrogen-bond acceptors (Lipinski definition) is 3. The van der Waals surface area contributed by atoms with Crippen molar-refractivity contribution in [1.29, 1.82) is 0 Å². The van der Waals surface area contributed by atoms with Crippen LogP contribution in [0.2, 0.25) is 5.02 Å². The van der Waals surface area contributed by atoms with Crippen LogP contribution in [-0.4, -0.2) is 25.8 Å². The maximum Gasteiger partial charge on any atom is 0.243 e. The summed E-state index contributed by atoms with van der Waals surface area (Å²) in [6.45, 7) is 5.28. The molecule has 0 fully saturated rings. The number of nitrogens with one attached hydrogen (secondary N) is 1. The number of sulfonamides is 1. The second-order valence-electron chi connectivity index (χ2n) is 5.54. The number of hydrogen-bond donors (Lipinski definition) is 1. The van der Waals surface area contributed by atoms with Crippen molar-refractivity contribution in [1.82, 2.24) is 9.62 Å². The molecule has 0 bridgehead atoms. The summed E-state index contributed by atoms with van der Waals surface area (Å²) in [6.07, 6.45) is 0. The Morgan fingerprint density at radius 1 is 1.04 bits per heavy atom. The molecule has 7 heteroatoms. The van der Waals surface area contributed by atoms with Crippen LogP contribution in [0.25, 0.3) is 0 Å². The Balaban J connectivity index is 2.01. The molecule has 25 heavy (non-hydrogen) atoms. The fourth-order valence-electron chi connectivity index (χ4n) is 2.52. The highest BCUT2D eigenvalue weighted by atomic mass is 35.5. The molecule has 0 aliphatic carbocycles. The fourth-order valence-corrected chi connectivity index (χ4v) is 4.21. The second-order valence-corrected chi connectivity index (χ2v) is 7.88. The zero-order valence-electron chi connectivity index (χ0n) is 14.3. The van der Waals surface area contributed by atoms with Gasteiger partial charge in [-0.2, -0.15) is 4.31 Å². The lowest BCUT2D eigenvalue weighted by atomic mass is 10.2. The third-order valence-electron chi connectivity index (χ3n) is 3.96. The minimum Gasteiger partial charge on any atom is -0.308 e. The highest BCUT2D eigenvalue weighted by molar-refractivity contribution is 7.89. The van der Waals surface area contributed by atoms with Gasteiger partial charge in [-0.15, -0.1) is 0 Å². The van der Waals surface area contributed by atoms with Crippen LogP contribution in [0.1, 0.15) is 25.0 Å². The van der Waals surface area contributed by atoms with E-state index < -0.39 is 10.0 Å². The molecule has 0 saturated heterocycles. The first-order chi connectivity index (χ1) is 11.9. The maximum absolute atomic E-state index is 13.7. The van der Waals surface area contributed by atoms with Gasteiger partial charge in [-0.25, -0.2) is 12.8 Å². The number of rotatable bonds is 8. The lowest BCUT2D eigenvalue weighted by Crippen LogP contribution is -2.30. The molecule has 2 rings (SSSR count). The van der Waals surface area contributed by atoms with Gasteiger partial charge in [0.15, 0.2) is 0 Å². The summed E-state index contributed by atoms with van der Waals surface area (Å²) in [5, 5.41) is 3.50. The van der Waals surface area contributed by atoms with E-state index in [1.165, 1.54) is 10.4 Å². The second kappa shape index (κ2) is 8.76. The van der Waals surface area contributed by atoms with E-state index >= 15 is 0 Å². The van der Waals surface area contributed by atoms with Gasteiger partial charge in [0.25, 0.3) is 0 Å². The predicted molar refractivity (Wildman–Crippen MR) is 98.5 cm³/mol. The van der Waals surface area contributed by atoms with Crippen molar-refractivity contribution in [3.63, 3.8) is 0 Å². The molecule has 0 heterocycles. The summed E-state index contributed by atoms with van der Waals surface area (Å²) in [7, 11) is -3.45. The Bertz CT molecular complexity index is 786. The lowest BCUT2D eigenvalue weighted by molar-refractivity contribution is 0.445. The number of benzene rings is 2. The van der Waals surface area contributed by atoms with Gasteiger partial charge in [0.1, 0.15) is 5.82 Å². The summed E-state index contributed by atoms with van der Waals surface area (Å²) >= 11 is 5.99. The van der Waals surface area contributed by atoms with Gasteiger partial charge in [0.05, 0.1) is 4.90 Å². The van der Waals surface area contributed by atoms with Crippen LogP contribution in [0.5, 0.6) is 0 Å². The maximum atomic E-state index is 13.7. The van der Waals surface area contributed by atoms with E-state index in [1.807, 2.05) is 13.8 Å². The first kappa shape index (κ1) is 19.8. The van der Waals surface area contributed by atoms with E-state index in [1.54, 1.807) is 36.4 Å². The molecule has 0 radical (unpaired) electrons. The van der Waals surface area contributed by atoms with Gasteiger partial charge in [-0.3, -0.25) is 0 Å². The molecule has 0 saturated carbocycles. The average Bonchev–Trinajstić information content (AvgIpc) is 2.59. The molecule has 0 aliphatic rings. The molecule has 0 unspecified atom stereocenters. The largest absolute Gasteiger partial charge is 0.308 e. The van der Waals surface area contributed by atoms with E-state index in [4.69, 9.17) is 11.6 Å². The van der Waals surface area contributed by atoms with Crippen LogP contribution in [0.4, 0.5) is 4.39 Å². The summed E-state index contributed by atoms with van der Waals surface area (Å²) < 4.78 is 40.0. The van der Waals surface area contributed by atoms with Crippen LogP contribution in [0.3, 0.4) is 0 Å². The van der Waals surface area contributed by atoms with Crippen molar-refractivity contribution in [2.75, 3.05) is 13.1 Å². The summed E-state index contributed by atoms with van der Waals surface area (Å²) in [6, 6.07) is 11.3. The van der Waals surface area contributed by atoms with Gasteiger partial charge in [0, 0.05) is 36.8 Å². The minimum atomic E-state index is -3.45. The number of halogens is 2. The van der Waals surface area contributed by atoms with Gasteiger partial charge >= 0.3 is 0 Å². The van der Waals surface area contributed by atoms with Crippen LogP contribution < -0.4 is 5.32 Å². The summed E-state index contributed by atoms with van der Waals surface area (Å²) in [5.41, 5.74) is 1.33. The molecule has 0 atom stereocenters. The van der Waals surface area contributed by atoms with E-state index in [0.29, 0.717) is 36.8 Å². The van der Waals surface area contributed by atoms with Crippen LogP contribution in [0, 0.1) is 5.82 Å². The Hall–Kier alpha value is -1.47. The van der Waals surface area contributed by atoms with Crippen LogP contribution in [-0.2, 0) is 23.1 Å². The fraction of sp³-hybridized carbons (Fsp3) is 0.333. The van der Waals surface area contributed by atoms with E-state index in [9.17, 15) is 12.8 Å². The third-order valence-corrected chi connectivity index (χ3v) is 6.38. The Morgan fingerprint density at radius 3 is 2.24 bits per heavy atom. The van der Waals surface area contributed by atoms with Gasteiger partial charge in [0.2, 0.25) is 10.0 Å². The summed E-state index contributed by atoms with van der Waals surface area (Å²) in [4.78, 5) is 0.275. The Labute approximate surface area is 153 Å². The number of nitrogens with zero attached hydrogens (tertiary/aromatic N) is 1. The first-order valence-electron chi connectivity index (χ1n) is 8.12. The third kappa shape index (κ3) is 4.79. The zero-order chi connectivity index (χ0) is 18.4. The van der Waals surface area contributed by atoms with E-state index in [-0.39, 0.29) is 10.7 Å². The standard InChI is InChI=1S/C18H22ClFN2O2S/c1-3-22(4-2)25(23,24)15-10-8-14(9-11-15)12-21-13-16-17(19)6-5-7-18(16)20/h5-11,21H,3-4,12-13H2,1-2H3. The monoisotopic (exact) mass is 384 g/mol. The molecule has 4 nitrogen and oxygen atoms in total. The molecular formula is C18H22ClFN2O2S. The smallest absolute Gasteiger partial charge is 0.243 e. The van der Waals surface area contributed by atoms with Crippen molar-refractivity contribution in [2.45, 2.75) is 31.8 Å². The van der Waals surface area contributed by atoms with Crippen molar-refractivity contribution >= 4 is 21.6 Å². The molecule has 2 aromatic carbocycles. The van der Waals surface area contributed by atoms with Crippen LogP contribution in [0.15, 0.2) is 47.4 Å². The van der Waals surface area contributed by atoms with Crippen molar-refractivity contribution < 1.29 is 12.8 Å². The SMILES string of the molecule is CCN(CC)S(=O)(=O)c1ccc(CNCc2c(F)cccc2Cl)cc1. The Kier molecular flexibility index (Phi) is 6.95. The van der Waals surface area contributed by atoms with Gasteiger partial charge in [-0.05, 0) is 29.8 Å². The molecule has 0 amide bonds. The predicted octanol–water partition coefficient (Wildman–Crippen LogP) is 3.80. The highest BCUT2D eigenvalue weighted by Gasteiger charge is 2.21.